The first-order valence-electron chi connectivity index (χ1n) is 10.3. The Morgan fingerprint density at radius 3 is 2.37 bits per heavy atom. The zero-order chi connectivity index (χ0) is 21.7. The largest absolute Gasteiger partial charge is 0.493 e. The third kappa shape index (κ3) is 4.87. The van der Waals surface area contributed by atoms with Crippen molar-refractivity contribution >= 4 is 23.4 Å². The minimum atomic E-state index is -0.698. The molecular weight excluding hydrogens is 380 g/mol. The van der Waals surface area contributed by atoms with Gasteiger partial charge in [-0.1, -0.05) is 25.1 Å². The molecule has 1 fully saturated rings. The number of benzene rings is 2. The molecule has 1 aliphatic rings. The van der Waals surface area contributed by atoms with E-state index in [0.717, 1.165) is 22.4 Å². The second kappa shape index (κ2) is 9.11. The number of anilines is 1. The molecular formula is C24H28N2O4. The lowest BCUT2D eigenvalue weighted by Crippen LogP contribution is -2.51. The van der Waals surface area contributed by atoms with E-state index < -0.39 is 5.41 Å². The molecule has 3 rings (SSSR count). The number of amides is 3. The van der Waals surface area contributed by atoms with E-state index >= 15 is 0 Å². The summed E-state index contributed by atoms with van der Waals surface area (Å²) in [5, 5.41) is 5.30. The summed E-state index contributed by atoms with van der Waals surface area (Å²) in [6, 6.07) is 13.2. The van der Waals surface area contributed by atoms with Crippen molar-refractivity contribution < 1.29 is 19.1 Å². The summed E-state index contributed by atoms with van der Waals surface area (Å²) in [5.74, 6) is 0.148. The fourth-order valence-corrected chi connectivity index (χ4v) is 3.94. The van der Waals surface area contributed by atoms with Crippen molar-refractivity contribution in [3.63, 3.8) is 0 Å². The highest BCUT2D eigenvalue weighted by molar-refractivity contribution is 6.03. The molecule has 0 bridgehead atoms. The van der Waals surface area contributed by atoms with Gasteiger partial charge in [0.05, 0.1) is 18.4 Å². The van der Waals surface area contributed by atoms with Gasteiger partial charge in [-0.3, -0.25) is 19.7 Å². The lowest BCUT2D eigenvalue weighted by Gasteiger charge is -2.35. The average Bonchev–Trinajstić information content (AvgIpc) is 2.68. The number of hydrogen-bond acceptors (Lipinski definition) is 4. The summed E-state index contributed by atoms with van der Waals surface area (Å²) in [7, 11) is 0. The summed E-state index contributed by atoms with van der Waals surface area (Å²) < 4.78 is 5.69. The van der Waals surface area contributed by atoms with E-state index in [1.807, 2.05) is 45.0 Å². The SMILES string of the molecule is CCC1(c2ccc(NC(=O)CCOc3cc(C)cc(C)c3)cc2)CCC(=O)NC1=O. The third-order valence-corrected chi connectivity index (χ3v) is 5.58. The van der Waals surface area contributed by atoms with Crippen LogP contribution in [0.2, 0.25) is 0 Å². The average molecular weight is 408 g/mol. The van der Waals surface area contributed by atoms with Crippen LogP contribution in [-0.2, 0) is 19.8 Å². The molecule has 1 aliphatic heterocycles. The van der Waals surface area contributed by atoms with E-state index in [-0.39, 0.29) is 24.1 Å². The Kier molecular flexibility index (Phi) is 6.55. The Morgan fingerprint density at radius 1 is 1.10 bits per heavy atom. The van der Waals surface area contributed by atoms with Crippen LogP contribution in [0.4, 0.5) is 5.69 Å². The predicted molar refractivity (Wildman–Crippen MR) is 115 cm³/mol. The summed E-state index contributed by atoms with van der Waals surface area (Å²) >= 11 is 0. The topological polar surface area (TPSA) is 84.5 Å². The summed E-state index contributed by atoms with van der Waals surface area (Å²) in [4.78, 5) is 36.2. The van der Waals surface area contributed by atoms with Gasteiger partial charge in [0.25, 0.3) is 0 Å². The van der Waals surface area contributed by atoms with Gasteiger partial charge in [0, 0.05) is 12.1 Å². The van der Waals surface area contributed by atoms with Gasteiger partial charge < -0.3 is 10.1 Å². The zero-order valence-corrected chi connectivity index (χ0v) is 17.7. The maximum Gasteiger partial charge on any atom is 0.237 e. The first-order chi connectivity index (χ1) is 14.3. The first-order valence-corrected chi connectivity index (χ1v) is 10.3. The summed E-state index contributed by atoms with van der Waals surface area (Å²) in [6.45, 7) is 6.25. The fourth-order valence-electron chi connectivity index (χ4n) is 3.94. The molecule has 158 valence electrons. The van der Waals surface area contributed by atoms with Gasteiger partial charge >= 0.3 is 0 Å². The molecule has 2 N–H and O–H groups in total. The smallest absolute Gasteiger partial charge is 0.237 e. The van der Waals surface area contributed by atoms with Gasteiger partial charge in [0.1, 0.15) is 5.75 Å². The van der Waals surface area contributed by atoms with Crippen LogP contribution in [0.25, 0.3) is 0 Å². The van der Waals surface area contributed by atoms with Gasteiger partial charge in [0.15, 0.2) is 0 Å². The minimum Gasteiger partial charge on any atom is -0.493 e. The van der Waals surface area contributed by atoms with Crippen molar-refractivity contribution in [2.24, 2.45) is 0 Å². The monoisotopic (exact) mass is 408 g/mol. The van der Waals surface area contributed by atoms with E-state index in [2.05, 4.69) is 16.7 Å². The molecule has 6 nitrogen and oxygen atoms in total. The van der Waals surface area contributed by atoms with E-state index in [1.165, 1.54) is 0 Å². The van der Waals surface area contributed by atoms with Gasteiger partial charge in [0.2, 0.25) is 17.7 Å². The van der Waals surface area contributed by atoms with Crippen molar-refractivity contribution in [1.82, 2.24) is 5.32 Å². The maximum atomic E-state index is 12.5. The number of aryl methyl sites for hydroxylation is 2. The molecule has 0 aromatic heterocycles. The van der Waals surface area contributed by atoms with E-state index in [1.54, 1.807) is 12.1 Å². The molecule has 6 heteroatoms. The van der Waals surface area contributed by atoms with Crippen molar-refractivity contribution in [2.75, 3.05) is 11.9 Å². The number of ether oxygens (including phenoxy) is 1. The number of carbonyl (C=O) groups is 3. The molecule has 30 heavy (non-hydrogen) atoms. The maximum absolute atomic E-state index is 12.5. The van der Waals surface area contributed by atoms with Crippen molar-refractivity contribution in [3.8, 4) is 5.75 Å². The lowest BCUT2D eigenvalue weighted by molar-refractivity contribution is -0.138. The van der Waals surface area contributed by atoms with Gasteiger partial charge in [-0.2, -0.15) is 0 Å². The number of carbonyl (C=O) groups excluding carboxylic acids is 3. The fraction of sp³-hybridized carbons (Fsp3) is 0.375. The predicted octanol–water partition coefficient (Wildman–Crippen LogP) is 3.80. The number of piperidine rings is 1. The number of nitrogens with one attached hydrogen (secondary N) is 2. The van der Waals surface area contributed by atoms with Crippen LogP contribution >= 0.6 is 0 Å². The molecule has 1 atom stereocenters. The Hall–Kier alpha value is -3.15. The first kappa shape index (κ1) is 21.6. The van der Waals surface area contributed by atoms with Gasteiger partial charge in [-0.25, -0.2) is 0 Å². The van der Waals surface area contributed by atoms with Crippen molar-refractivity contribution in [1.29, 1.82) is 0 Å². The molecule has 1 saturated heterocycles. The molecule has 1 heterocycles. The van der Waals surface area contributed by atoms with Crippen molar-refractivity contribution in [2.45, 2.75) is 51.9 Å². The Labute approximate surface area is 177 Å². The minimum absolute atomic E-state index is 0.140. The summed E-state index contributed by atoms with van der Waals surface area (Å²) in [5.41, 5.74) is 3.06. The van der Waals surface area contributed by atoms with Gasteiger partial charge in [-0.15, -0.1) is 0 Å². The molecule has 0 saturated carbocycles. The Balaban J connectivity index is 1.56. The van der Waals surface area contributed by atoms with Crippen LogP contribution in [0.5, 0.6) is 5.75 Å². The number of imide groups is 1. The summed E-state index contributed by atoms with van der Waals surface area (Å²) in [6.07, 6.45) is 1.67. The van der Waals surface area contributed by atoms with Crippen LogP contribution in [0.15, 0.2) is 42.5 Å². The molecule has 0 aliphatic carbocycles. The second-order valence-corrected chi connectivity index (χ2v) is 7.86. The highest BCUT2D eigenvalue weighted by Crippen LogP contribution is 2.36. The van der Waals surface area contributed by atoms with Crippen LogP contribution in [0, 0.1) is 13.8 Å². The number of rotatable bonds is 7. The van der Waals surface area contributed by atoms with Crippen LogP contribution in [0.3, 0.4) is 0 Å². The van der Waals surface area contributed by atoms with Gasteiger partial charge in [-0.05, 0) is 67.6 Å². The van der Waals surface area contributed by atoms with Crippen LogP contribution < -0.4 is 15.4 Å². The molecule has 2 aromatic carbocycles. The molecule has 3 amide bonds. The normalized spacial score (nSPS) is 18.6. The molecule has 1 unspecified atom stereocenters. The zero-order valence-electron chi connectivity index (χ0n) is 17.7. The Bertz CT molecular complexity index is 932. The quantitative estimate of drug-likeness (QED) is 0.683. The lowest BCUT2D eigenvalue weighted by atomic mass is 9.72. The van der Waals surface area contributed by atoms with E-state index in [4.69, 9.17) is 4.74 Å². The van der Waals surface area contributed by atoms with Crippen LogP contribution in [0.1, 0.15) is 49.3 Å². The van der Waals surface area contributed by atoms with Crippen LogP contribution in [-0.4, -0.2) is 24.3 Å². The third-order valence-electron chi connectivity index (χ3n) is 5.58. The molecule has 2 aromatic rings. The second-order valence-electron chi connectivity index (χ2n) is 7.86. The molecule has 0 radical (unpaired) electrons. The molecule has 0 spiro atoms. The van der Waals surface area contributed by atoms with E-state index in [0.29, 0.717) is 31.6 Å². The highest BCUT2D eigenvalue weighted by Gasteiger charge is 2.42. The van der Waals surface area contributed by atoms with Crippen molar-refractivity contribution in [3.05, 3.63) is 59.2 Å². The number of hydrogen-bond donors (Lipinski definition) is 2. The van der Waals surface area contributed by atoms with E-state index in [9.17, 15) is 14.4 Å². The highest BCUT2D eigenvalue weighted by atomic mass is 16.5. The Morgan fingerprint density at radius 2 is 1.77 bits per heavy atom. The standard InChI is InChI=1S/C24H28N2O4/c1-4-24(11-9-21(27)26-23(24)29)18-5-7-19(8-6-18)25-22(28)10-12-30-20-14-16(2)13-17(3)15-20/h5-8,13-15H,4,9-12H2,1-3H3,(H,25,28)(H,26,27,29).